The van der Waals surface area contributed by atoms with Crippen LogP contribution >= 0.6 is 27.3 Å². The number of rotatable bonds is 2. The summed E-state index contributed by atoms with van der Waals surface area (Å²) in [5, 5.41) is 13.6. The second kappa shape index (κ2) is 5.64. The number of hydrogen-bond donors (Lipinski definition) is 1. The summed E-state index contributed by atoms with van der Waals surface area (Å²) in [5.74, 6) is 0.281. The molecule has 102 valence electrons. The number of nitriles is 1. The van der Waals surface area contributed by atoms with Gasteiger partial charge in [0, 0.05) is 4.47 Å². The second-order valence-corrected chi connectivity index (χ2v) is 6.00. The van der Waals surface area contributed by atoms with E-state index in [0.29, 0.717) is 16.5 Å². The van der Waals surface area contributed by atoms with Crippen LogP contribution in [0.5, 0.6) is 0 Å². The van der Waals surface area contributed by atoms with Crippen LogP contribution in [-0.2, 0) is 0 Å². The molecule has 0 aliphatic heterocycles. The van der Waals surface area contributed by atoms with Crippen molar-refractivity contribution in [3.05, 3.63) is 61.2 Å². The van der Waals surface area contributed by atoms with Crippen molar-refractivity contribution in [2.24, 2.45) is 0 Å². The van der Waals surface area contributed by atoms with Crippen molar-refractivity contribution < 1.29 is 0 Å². The number of fused-ring (bicyclic) bond motifs is 1. The molecule has 4 nitrogen and oxygen atoms in total. The standard InChI is InChI=1S/C15H8BrN3OS/c16-11-1-2-13-12(6-11)15(20)19-14(18-13)10(7-17)5-9-3-4-21-8-9/h1-6,8H,(H,18,19,20). The Labute approximate surface area is 132 Å². The second-order valence-electron chi connectivity index (χ2n) is 4.30. The highest BCUT2D eigenvalue weighted by Crippen LogP contribution is 2.19. The number of nitrogens with zero attached hydrogens (tertiary/aromatic N) is 2. The normalized spacial score (nSPS) is 11.5. The average Bonchev–Trinajstić information content (AvgIpc) is 2.98. The van der Waals surface area contributed by atoms with Gasteiger partial charge in [0.15, 0.2) is 5.82 Å². The van der Waals surface area contributed by atoms with Gasteiger partial charge in [-0.05, 0) is 46.7 Å². The van der Waals surface area contributed by atoms with E-state index in [1.807, 2.05) is 22.9 Å². The number of halogens is 1. The van der Waals surface area contributed by atoms with Gasteiger partial charge in [-0.2, -0.15) is 16.6 Å². The first kappa shape index (κ1) is 13.7. The van der Waals surface area contributed by atoms with Gasteiger partial charge in [0.2, 0.25) is 0 Å². The number of nitrogens with one attached hydrogen (secondary N) is 1. The molecule has 21 heavy (non-hydrogen) atoms. The van der Waals surface area contributed by atoms with Gasteiger partial charge in [-0.3, -0.25) is 4.79 Å². The number of allylic oxidation sites excluding steroid dienone is 1. The maximum atomic E-state index is 12.1. The topological polar surface area (TPSA) is 69.5 Å². The Bertz CT molecular complexity index is 936. The molecule has 0 atom stereocenters. The van der Waals surface area contributed by atoms with E-state index >= 15 is 0 Å². The summed E-state index contributed by atoms with van der Waals surface area (Å²) in [6, 6.07) is 9.25. The fourth-order valence-electron chi connectivity index (χ4n) is 1.92. The van der Waals surface area contributed by atoms with Crippen LogP contribution < -0.4 is 5.56 Å². The molecular weight excluding hydrogens is 350 g/mol. The largest absolute Gasteiger partial charge is 0.305 e. The molecule has 2 heterocycles. The summed E-state index contributed by atoms with van der Waals surface area (Å²) < 4.78 is 0.810. The van der Waals surface area contributed by atoms with Gasteiger partial charge in [0.05, 0.1) is 16.5 Å². The van der Waals surface area contributed by atoms with E-state index in [-0.39, 0.29) is 11.4 Å². The van der Waals surface area contributed by atoms with Crippen molar-refractivity contribution in [2.75, 3.05) is 0 Å². The van der Waals surface area contributed by atoms with Crippen molar-refractivity contribution >= 4 is 49.8 Å². The van der Waals surface area contributed by atoms with Gasteiger partial charge in [0.1, 0.15) is 6.07 Å². The van der Waals surface area contributed by atoms with Gasteiger partial charge in [-0.15, -0.1) is 0 Å². The lowest BCUT2D eigenvalue weighted by molar-refractivity contribution is 1.13. The van der Waals surface area contributed by atoms with Crippen molar-refractivity contribution in [1.29, 1.82) is 5.26 Å². The smallest absolute Gasteiger partial charge is 0.259 e. The summed E-state index contributed by atoms with van der Waals surface area (Å²) >= 11 is 4.87. The van der Waals surface area contributed by atoms with E-state index in [1.54, 1.807) is 29.5 Å². The molecule has 1 N–H and O–H groups in total. The Morgan fingerprint density at radius 3 is 3.00 bits per heavy atom. The minimum Gasteiger partial charge on any atom is -0.305 e. The van der Waals surface area contributed by atoms with Gasteiger partial charge in [0.25, 0.3) is 5.56 Å². The van der Waals surface area contributed by atoms with Crippen molar-refractivity contribution in [1.82, 2.24) is 9.97 Å². The maximum absolute atomic E-state index is 12.1. The van der Waals surface area contributed by atoms with Crippen LogP contribution in [0.2, 0.25) is 0 Å². The van der Waals surface area contributed by atoms with Crippen LogP contribution in [0, 0.1) is 11.3 Å². The summed E-state index contributed by atoms with van der Waals surface area (Å²) in [7, 11) is 0. The fraction of sp³-hybridized carbons (Fsp3) is 0. The lowest BCUT2D eigenvalue weighted by atomic mass is 10.2. The van der Waals surface area contributed by atoms with Crippen molar-refractivity contribution in [3.63, 3.8) is 0 Å². The molecule has 0 aliphatic carbocycles. The molecule has 6 heteroatoms. The molecule has 3 aromatic rings. The van der Waals surface area contributed by atoms with Crippen LogP contribution in [0.15, 0.2) is 44.3 Å². The molecule has 0 radical (unpaired) electrons. The molecule has 0 aliphatic rings. The van der Waals surface area contributed by atoms with E-state index < -0.39 is 0 Å². The van der Waals surface area contributed by atoms with Crippen molar-refractivity contribution in [3.8, 4) is 6.07 Å². The highest BCUT2D eigenvalue weighted by atomic mass is 79.9. The Morgan fingerprint density at radius 2 is 2.29 bits per heavy atom. The molecular formula is C15H8BrN3OS. The van der Waals surface area contributed by atoms with E-state index in [1.165, 1.54) is 0 Å². The number of H-pyrrole nitrogens is 1. The monoisotopic (exact) mass is 357 g/mol. The number of thiophene rings is 1. The number of hydrogen-bond acceptors (Lipinski definition) is 4. The van der Waals surface area contributed by atoms with Crippen molar-refractivity contribution in [2.45, 2.75) is 0 Å². The zero-order chi connectivity index (χ0) is 14.8. The average molecular weight is 358 g/mol. The Hall–Kier alpha value is -2.23. The van der Waals surface area contributed by atoms with Crippen LogP contribution in [-0.4, -0.2) is 9.97 Å². The molecule has 3 rings (SSSR count). The summed E-state index contributed by atoms with van der Waals surface area (Å²) in [6.45, 7) is 0. The first-order valence-corrected chi connectivity index (χ1v) is 7.75. The van der Waals surface area contributed by atoms with E-state index in [0.717, 1.165) is 10.0 Å². The molecule has 0 bridgehead atoms. The van der Waals surface area contributed by atoms with E-state index in [2.05, 4.69) is 32.0 Å². The Kier molecular flexibility index (Phi) is 3.69. The minimum atomic E-state index is -0.261. The first-order valence-electron chi connectivity index (χ1n) is 6.01. The molecule has 0 fully saturated rings. The quantitative estimate of drug-likeness (QED) is 0.708. The SMILES string of the molecule is N#CC(=Cc1ccsc1)c1nc2ccc(Br)cc2c(=O)[nH]1. The predicted molar refractivity (Wildman–Crippen MR) is 87.9 cm³/mol. The Balaban J connectivity index is 2.19. The zero-order valence-electron chi connectivity index (χ0n) is 10.6. The highest BCUT2D eigenvalue weighted by Gasteiger charge is 2.08. The van der Waals surface area contributed by atoms with E-state index in [9.17, 15) is 10.1 Å². The zero-order valence-corrected chi connectivity index (χ0v) is 13.0. The van der Waals surface area contributed by atoms with Crippen LogP contribution in [0.4, 0.5) is 0 Å². The molecule has 0 saturated carbocycles. The lowest BCUT2D eigenvalue weighted by Gasteiger charge is -2.02. The predicted octanol–water partition coefficient (Wildman–Crippen LogP) is 3.81. The number of aromatic amines is 1. The van der Waals surface area contributed by atoms with E-state index in [4.69, 9.17) is 0 Å². The van der Waals surface area contributed by atoms with Gasteiger partial charge < -0.3 is 4.98 Å². The maximum Gasteiger partial charge on any atom is 0.259 e. The number of benzene rings is 1. The highest BCUT2D eigenvalue weighted by molar-refractivity contribution is 9.10. The molecule has 0 saturated heterocycles. The third-order valence-corrected chi connectivity index (χ3v) is 4.09. The summed E-state index contributed by atoms with van der Waals surface area (Å²) in [6.07, 6.45) is 1.71. The molecule has 0 spiro atoms. The van der Waals surface area contributed by atoms with Crippen LogP contribution in [0.25, 0.3) is 22.6 Å². The van der Waals surface area contributed by atoms with Gasteiger partial charge in [-0.25, -0.2) is 4.98 Å². The number of aromatic nitrogens is 2. The molecule has 1 aromatic carbocycles. The molecule has 0 amide bonds. The molecule has 2 aromatic heterocycles. The van der Waals surface area contributed by atoms with Crippen LogP contribution in [0.1, 0.15) is 11.4 Å². The van der Waals surface area contributed by atoms with Crippen LogP contribution in [0.3, 0.4) is 0 Å². The third-order valence-electron chi connectivity index (χ3n) is 2.90. The van der Waals surface area contributed by atoms with Gasteiger partial charge in [-0.1, -0.05) is 15.9 Å². The fourth-order valence-corrected chi connectivity index (χ4v) is 2.89. The molecule has 0 unspecified atom stereocenters. The lowest BCUT2D eigenvalue weighted by Crippen LogP contribution is -2.11. The minimum absolute atomic E-state index is 0.261. The Morgan fingerprint density at radius 1 is 1.43 bits per heavy atom. The van der Waals surface area contributed by atoms with Gasteiger partial charge >= 0.3 is 0 Å². The third kappa shape index (κ3) is 2.79. The summed E-state index contributed by atoms with van der Waals surface area (Å²) in [4.78, 5) is 19.2. The summed E-state index contributed by atoms with van der Waals surface area (Å²) in [5.41, 5.74) is 1.54. The first-order chi connectivity index (χ1) is 10.2.